The predicted molar refractivity (Wildman–Crippen MR) is 209 cm³/mol. The highest BCUT2D eigenvalue weighted by molar-refractivity contribution is 6.16. The van der Waals surface area contributed by atoms with Crippen LogP contribution in [0.2, 0.25) is 0 Å². The molecule has 7 aromatic carbocycles. The van der Waals surface area contributed by atoms with Gasteiger partial charge in [0, 0.05) is 16.5 Å². The molecule has 1 N–H and O–H groups in total. The maximum atomic E-state index is 9.62. The molecule has 4 heteroatoms. The van der Waals surface area contributed by atoms with E-state index in [0.717, 1.165) is 33.9 Å². The highest BCUT2D eigenvalue weighted by Gasteiger charge is 2.36. The maximum Gasteiger partial charge on any atom is 0.169 e. The Balaban J connectivity index is 1.14. The molecule has 0 aromatic heterocycles. The lowest BCUT2D eigenvalue weighted by molar-refractivity contribution is 0.660. The molecule has 4 nitrogen and oxygen atoms in total. The molecule has 0 spiro atoms. The van der Waals surface area contributed by atoms with Crippen molar-refractivity contribution in [3.05, 3.63) is 191 Å². The number of amidine groups is 2. The second-order valence-electron chi connectivity index (χ2n) is 13.8. The monoisotopic (exact) mass is 654 g/mol. The van der Waals surface area contributed by atoms with E-state index < -0.39 is 0 Å². The summed E-state index contributed by atoms with van der Waals surface area (Å²) in [5, 5.41) is 15.5. The third kappa shape index (κ3) is 5.23. The summed E-state index contributed by atoms with van der Waals surface area (Å²) in [4.78, 5) is 10.2. The van der Waals surface area contributed by atoms with E-state index in [1.54, 1.807) is 0 Å². The number of hydrogen-bond acceptors (Lipinski definition) is 4. The molecule has 0 atom stereocenters. The lowest BCUT2D eigenvalue weighted by atomic mass is 9.80. The fourth-order valence-electron chi connectivity index (χ4n) is 7.70. The van der Waals surface area contributed by atoms with Gasteiger partial charge >= 0.3 is 0 Å². The van der Waals surface area contributed by atoms with Gasteiger partial charge in [-0.15, -0.1) is 0 Å². The highest BCUT2D eigenvalue weighted by Crippen LogP contribution is 2.50. The Morgan fingerprint density at radius 2 is 1.12 bits per heavy atom. The largest absolute Gasteiger partial charge is 0.324 e. The highest BCUT2D eigenvalue weighted by atomic mass is 15.2. The Bertz CT molecular complexity index is 2520. The Morgan fingerprint density at radius 1 is 0.549 bits per heavy atom. The van der Waals surface area contributed by atoms with Gasteiger partial charge in [-0.25, -0.2) is 9.98 Å². The van der Waals surface area contributed by atoms with E-state index in [-0.39, 0.29) is 11.6 Å². The van der Waals surface area contributed by atoms with Crippen molar-refractivity contribution in [3.8, 4) is 39.4 Å². The molecule has 0 radical (unpaired) electrons. The SMILES string of the molecule is CC1(C)c2cc(C#N)ccc2-c2ccc(-c3ccc4ccccc4c3-c3ccc(C4N=C(c5ccccc5)NC(c5ccccc5)=N4)cc3)cc21. The van der Waals surface area contributed by atoms with Crippen molar-refractivity contribution in [1.82, 2.24) is 5.32 Å². The first-order valence-electron chi connectivity index (χ1n) is 17.3. The van der Waals surface area contributed by atoms with Crippen molar-refractivity contribution >= 4 is 22.4 Å². The van der Waals surface area contributed by atoms with Gasteiger partial charge in [0.25, 0.3) is 0 Å². The van der Waals surface area contributed by atoms with E-state index in [1.807, 2.05) is 42.5 Å². The van der Waals surface area contributed by atoms with Gasteiger partial charge in [0.1, 0.15) is 11.7 Å². The van der Waals surface area contributed by atoms with Gasteiger partial charge in [0.2, 0.25) is 0 Å². The minimum absolute atomic E-state index is 0.223. The third-order valence-corrected chi connectivity index (χ3v) is 10.4. The minimum Gasteiger partial charge on any atom is -0.324 e. The lowest BCUT2D eigenvalue weighted by Crippen LogP contribution is -2.35. The van der Waals surface area contributed by atoms with Crippen molar-refractivity contribution in [3.63, 3.8) is 0 Å². The molecule has 1 aliphatic heterocycles. The molecule has 0 saturated heterocycles. The van der Waals surface area contributed by atoms with E-state index >= 15 is 0 Å². The molecule has 0 unspecified atom stereocenters. The Morgan fingerprint density at radius 3 is 1.78 bits per heavy atom. The average Bonchev–Trinajstić information content (AvgIpc) is 3.42. The summed E-state index contributed by atoms with van der Waals surface area (Å²) in [6.07, 6.45) is -0.389. The second-order valence-corrected chi connectivity index (χ2v) is 13.8. The second kappa shape index (κ2) is 12.1. The summed E-state index contributed by atoms with van der Waals surface area (Å²) in [5.41, 5.74) is 13.2. The molecule has 0 amide bonds. The average molecular weight is 655 g/mol. The number of benzene rings is 7. The van der Waals surface area contributed by atoms with Crippen LogP contribution in [0.4, 0.5) is 0 Å². The maximum absolute atomic E-state index is 9.62. The summed E-state index contributed by atoms with van der Waals surface area (Å²) < 4.78 is 0. The van der Waals surface area contributed by atoms with E-state index in [1.165, 1.54) is 49.7 Å². The molecule has 7 aromatic rings. The van der Waals surface area contributed by atoms with Crippen LogP contribution in [0.3, 0.4) is 0 Å². The first-order valence-corrected chi connectivity index (χ1v) is 17.3. The summed E-state index contributed by atoms with van der Waals surface area (Å²) in [6.45, 7) is 4.53. The van der Waals surface area contributed by atoms with Crippen LogP contribution in [0.1, 0.15) is 53.4 Å². The van der Waals surface area contributed by atoms with Crippen LogP contribution in [0, 0.1) is 11.3 Å². The Kier molecular flexibility index (Phi) is 7.22. The zero-order chi connectivity index (χ0) is 34.5. The van der Waals surface area contributed by atoms with Gasteiger partial charge in [0.05, 0.1) is 11.6 Å². The normalized spacial score (nSPS) is 14.5. The zero-order valence-corrected chi connectivity index (χ0v) is 28.4. The number of fused-ring (bicyclic) bond motifs is 4. The molecule has 0 saturated carbocycles. The van der Waals surface area contributed by atoms with Crippen LogP contribution in [-0.2, 0) is 5.41 Å². The first-order chi connectivity index (χ1) is 25.0. The van der Waals surface area contributed by atoms with Gasteiger partial charge in [-0.1, -0.05) is 153 Å². The summed E-state index contributed by atoms with van der Waals surface area (Å²) in [7, 11) is 0. The molecule has 242 valence electrons. The summed E-state index contributed by atoms with van der Waals surface area (Å²) >= 11 is 0. The van der Waals surface area contributed by atoms with Crippen LogP contribution in [-0.4, -0.2) is 11.7 Å². The van der Waals surface area contributed by atoms with Gasteiger partial charge in [-0.05, 0) is 79.0 Å². The fraction of sp³-hybridized carbons (Fsp3) is 0.0851. The Hall–Kier alpha value is -6.57. The molecule has 51 heavy (non-hydrogen) atoms. The van der Waals surface area contributed by atoms with Crippen molar-refractivity contribution in [2.45, 2.75) is 25.4 Å². The van der Waals surface area contributed by atoms with Crippen LogP contribution in [0.5, 0.6) is 0 Å². The van der Waals surface area contributed by atoms with Crippen LogP contribution in [0.25, 0.3) is 44.2 Å². The predicted octanol–water partition coefficient (Wildman–Crippen LogP) is 10.8. The Labute approximate surface area is 298 Å². The van der Waals surface area contributed by atoms with E-state index in [2.05, 4.69) is 140 Å². The molecular formula is C47H34N4. The van der Waals surface area contributed by atoms with Crippen molar-refractivity contribution in [2.24, 2.45) is 9.98 Å². The van der Waals surface area contributed by atoms with Crippen molar-refractivity contribution < 1.29 is 0 Å². The summed E-state index contributed by atoms with van der Waals surface area (Å²) in [6, 6.07) is 57.6. The van der Waals surface area contributed by atoms with Crippen LogP contribution >= 0.6 is 0 Å². The van der Waals surface area contributed by atoms with Gasteiger partial charge in [-0.3, -0.25) is 0 Å². The standard InChI is InChI=1S/C47H34N4/c1-47(2)41-27-30(29-48)17-24-39(41)40-26-23-36(28-42(40)47)38-25-22-31-11-9-10-16-37(31)43(38)32-18-20-35(21-19-32)46-50-44(33-12-5-3-6-13-33)49-45(51-46)34-14-7-4-8-15-34/h3-28,46H,1-2H3,(H,49,50,51). The quantitative estimate of drug-likeness (QED) is 0.201. The lowest BCUT2D eigenvalue weighted by Gasteiger charge is -2.23. The van der Waals surface area contributed by atoms with Crippen LogP contribution in [0.15, 0.2) is 168 Å². The number of nitrogens with one attached hydrogen (secondary N) is 1. The van der Waals surface area contributed by atoms with Gasteiger partial charge < -0.3 is 5.32 Å². The molecule has 1 heterocycles. The van der Waals surface area contributed by atoms with Crippen molar-refractivity contribution in [2.75, 3.05) is 0 Å². The molecule has 2 aliphatic rings. The number of nitrogens with zero attached hydrogens (tertiary/aromatic N) is 3. The molecule has 9 rings (SSSR count). The minimum atomic E-state index is -0.389. The molecule has 1 aliphatic carbocycles. The first kappa shape index (κ1) is 30.5. The smallest absolute Gasteiger partial charge is 0.169 e. The van der Waals surface area contributed by atoms with E-state index in [4.69, 9.17) is 9.98 Å². The van der Waals surface area contributed by atoms with Crippen molar-refractivity contribution in [1.29, 1.82) is 5.26 Å². The third-order valence-electron chi connectivity index (χ3n) is 10.4. The van der Waals surface area contributed by atoms with E-state index in [0.29, 0.717) is 5.56 Å². The van der Waals surface area contributed by atoms with Gasteiger partial charge in [0.15, 0.2) is 6.17 Å². The zero-order valence-electron chi connectivity index (χ0n) is 28.4. The van der Waals surface area contributed by atoms with E-state index in [9.17, 15) is 5.26 Å². The molecule has 0 bridgehead atoms. The van der Waals surface area contributed by atoms with Crippen LogP contribution < -0.4 is 5.32 Å². The number of aliphatic imine (C=N–C) groups is 2. The topological polar surface area (TPSA) is 60.5 Å². The number of hydrogen-bond donors (Lipinski definition) is 1. The fourth-order valence-corrected chi connectivity index (χ4v) is 7.70. The van der Waals surface area contributed by atoms with Gasteiger partial charge in [-0.2, -0.15) is 5.26 Å². The molecule has 0 fully saturated rings. The number of nitriles is 1. The number of rotatable bonds is 5. The summed E-state index contributed by atoms with van der Waals surface area (Å²) in [5.74, 6) is 1.61. The molecular weight excluding hydrogens is 621 g/mol.